The van der Waals surface area contributed by atoms with Gasteiger partial charge in [0, 0.05) is 37.1 Å². The van der Waals surface area contributed by atoms with Gasteiger partial charge in [0.15, 0.2) is 0 Å². The Hall–Kier alpha value is -7.26. The molecule has 0 aliphatic heterocycles. The lowest BCUT2D eigenvalue weighted by atomic mass is 9.93. The number of thiophene rings is 1. The predicted octanol–water partition coefficient (Wildman–Crippen LogP) is 16.5. The molecule has 2 heteroatoms. The van der Waals surface area contributed by atoms with Crippen LogP contribution in [0.25, 0.3) is 86.2 Å². The molecule has 0 aliphatic rings. The van der Waals surface area contributed by atoms with Crippen LogP contribution in [-0.4, -0.2) is 0 Å². The Labute approximate surface area is 342 Å². The fourth-order valence-electron chi connectivity index (χ4n) is 8.65. The van der Waals surface area contributed by atoms with Crippen molar-refractivity contribution < 1.29 is 0 Å². The molecule has 11 rings (SSSR count). The van der Waals surface area contributed by atoms with Gasteiger partial charge in [-0.1, -0.05) is 176 Å². The van der Waals surface area contributed by atoms with E-state index in [2.05, 4.69) is 229 Å². The van der Waals surface area contributed by atoms with Crippen molar-refractivity contribution in [3.63, 3.8) is 0 Å². The van der Waals surface area contributed by atoms with Gasteiger partial charge in [0.05, 0.1) is 5.69 Å². The zero-order valence-electron chi connectivity index (χ0n) is 31.7. The summed E-state index contributed by atoms with van der Waals surface area (Å²) in [7, 11) is 0. The van der Waals surface area contributed by atoms with Gasteiger partial charge in [0.25, 0.3) is 0 Å². The monoisotopic (exact) mass is 755 g/mol. The Morgan fingerprint density at radius 2 is 0.810 bits per heavy atom. The first-order chi connectivity index (χ1) is 28.7. The summed E-state index contributed by atoms with van der Waals surface area (Å²) < 4.78 is 2.60. The van der Waals surface area contributed by atoms with E-state index < -0.39 is 0 Å². The molecule has 0 atom stereocenters. The van der Waals surface area contributed by atoms with Crippen molar-refractivity contribution in [3.8, 4) is 44.5 Å². The van der Waals surface area contributed by atoms with Crippen molar-refractivity contribution >= 4 is 70.1 Å². The Balaban J connectivity index is 1.10. The maximum Gasteiger partial charge on any atom is 0.0546 e. The highest BCUT2D eigenvalue weighted by atomic mass is 32.1. The summed E-state index contributed by atoms with van der Waals surface area (Å²) in [4.78, 5) is 2.46. The molecule has 1 aromatic heterocycles. The maximum atomic E-state index is 2.46. The molecule has 0 radical (unpaired) electrons. The van der Waals surface area contributed by atoms with Gasteiger partial charge in [-0.05, 0) is 109 Å². The standard InChI is InChI=1S/C56H37NS/c1-2-13-41(14-3-1)51-33-29-44(50-25-12-18-40-16-5-7-22-48(40)50)36-54(51)57(46-32-34-56-53(37-46)52-23-8-9-26-55(52)58-56)45-30-27-38(28-31-45)42-19-10-20-43(35-42)49-24-11-17-39-15-4-6-21-47(39)49/h1-37H. The van der Waals surface area contributed by atoms with Gasteiger partial charge in [-0.15, -0.1) is 11.3 Å². The molecule has 1 nitrogen and oxygen atoms in total. The Bertz CT molecular complexity index is 3270. The molecule has 0 spiro atoms. The number of fused-ring (bicyclic) bond motifs is 5. The molecular formula is C56H37NS. The van der Waals surface area contributed by atoms with Gasteiger partial charge in [-0.25, -0.2) is 0 Å². The molecule has 11 aromatic rings. The fraction of sp³-hybridized carbons (Fsp3) is 0. The van der Waals surface area contributed by atoms with E-state index in [0.29, 0.717) is 0 Å². The van der Waals surface area contributed by atoms with Gasteiger partial charge in [0.2, 0.25) is 0 Å². The third-order valence-electron chi connectivity index (χ3n) is 11.5. The zero-order valence-corrected chi connectivity index (χ0v) is 32.5. The molecule has 0 N–H and O–H groups in total. The number of benzene rings is 10. The molecule has 0 fully saturated rings. The minimum Gasteiger partial charge on any atom is -0.310 e. The summed E-state index contributed by atoms with van der Waals surface area (Å²) in [5.41, 5.74) is 12.9. The number of rotatable bonds is 7. The molecular weight excluding hydrogens is 719 g/mol. The van der Waals surface area contributed by atoms with E-state index in [1.165, 1.54) is 86.2 Å². The van der Waals surface area contributed by atoms with E-state index in [4.69, 9.17) is 0 Å². The molecule has 0 unspecified atom stereocenters. The fourth-order valence-corrected chi connectivity index (χ4v) is 9.74. The number of nitrogens with zero attached hydrogens (tertiary/aromatic N) is 1. The highest BCUT2D eigenvalue weighted by Gasteiger charge is 2.21. The van der Waals surface area contributed by atoms with Crippen molar-refractivity contribution in [1.29, 1.82) is 0 Å². The lowest BCUT2D eigenvalue weighted by molar-refractivity contribution is 1.29. The van der Waals surface area contributed by atoms with Crippen molar-refractivity contribution in [1.82, 2.24) is 0 Å². The van der Waals surface area contributed by atoms with Crippen molar-refractivity contribution in [2.75, 3.05) is 4.90 Å². The first-order valence-corrected chi connectivity index (χ1v) is 20.6. The van der Waals surface area contributed by atoms with Crippen LogP contribution in [-0.2, 0) is 0 Å². The SMILES string of the molecule is c1ccc(-c2ccc(-c3cccc4ccccc34)cc2N(c2ccc(-c3cccc(-c4cccc5ccccc45)c3)cc2)c2ccc3sc4ccccc4c3c2)cc1. The lowest BCUT2D eigenvalue weighted by Crippen LogP contribution is -2.11. The largest absolute Gasteiger partial charge is 0.310 e. The highest BCUT2D eigenvalue weighted by Crippen LogP contribution is 2.46. The average Bonchev–Trinajstić information content (AvgIpc) is 3.67. The summed E-state index contributed by atoms with van der Waals surface area (Å²) in [5.74, 6) is 0. The van der Waals surface area contributed by atoms with E-state index in [1.807, 2.05) is 11.3 Å². The van der Waals surface area contributed by atoms with Gasteiger partial charge < -0.3 is 4.90 Å². The lowest BCUT2D eigenvalue weighted by Gasteiger charge is -2.29. The van der Waals surface area contributed by atoms with E-state index in [1.54, 1.807) is 0 Å². The Kier molecular flexibility index (Phi) is 8.42. The Morgan fingerprint density at radius 3 is 1.55 bits per heavy atom. The number of hydrogen-bond acceptors (Lipinski definition) is 2. The van der Waals surface area contributed by atoms with Crippen LogP contribution in [0.15, 0.2) is 224 Å². The van der Waals surface area contributed by atoms with Crippen molar-refractivity contribution in [3.05, 3.63) is 224 Å². The molecule has 0 saturated carbocycles. The molecule has 58 heavy (non-hydrogen) atoms. The van der Waals surface area contributed by atoms with Gasteiger partial charge in [0.1, 0.15) is 0 Å². The van der Waals surface area contributed by atoms with Crippen LogP contribution in [0.3, 0.4) is 0 Å². The van der Waals surface area contributed by atoms with Gasteiger partial charge in [-0.2, -0.15) is 0 Å². The molecule has 272 valence electrons. The summed E-state index contributed by atoms with van der Waals surface area (Å²) in [6.07, 6.45) is 0. The van der Waals surface area contributed by atoms with Gasteiger partial charge in [-0.3, -0.25) is 0 Å². The smallest absolute Gasteiger partial charge is 0.0546 e. The maximum absolute atomic E-state index is 2.46. The van der Waals surface area contributed by atoms with Crippen LogP contribution in [0.5, 0.6) is 0 Å². The third kappa shape index (κ3) is 6.03. The second-order valence-electron chi connectivity index (χ2n) is 14.9. The molecule has 0 amide bonds. The molecule has 0 aliphatic carbocycles. The summed E-state index contributed by atoms with van der Waals surface area (Å²) in [6.45, 7) is 0. The van der Waals surface area contributed by atoms with Crippen molar-refractivity contribution in [2.45, 2.75) is 0 Å². The summed E-state index contributed by atoms with van der Waals surface area (Å²) >= 11 is 1.86. The second-order valence-corrected chi connectivity index (χ2v) is 16.0. The topological polar surface area (TPSA) is 3.24 Å². The van der Waals surface area contributed by atoms with Crippen LogP contribution in [0.1, 0.15) is 0 Å². The summed E-state index contributed by atoms with van der Waals surface area (Å²) in [6, 6.07) is 82.1. The number of anilines is 3. The van der Waals surface area contributed by atoms with Crippen LogP contribution in [0, 0.1) is 0 Å². The molecule has 0 bridgehead atoms. The quantitative estimate of drug-likeness (QED) is 0.157. The normalized spacial score (nSPS) is 11.4. The Morgan fingerprint density at radius 1 is 0.276 bits per heavy atom. The zero-order chi connectivity index (χ0) is 38.4. The van der Waals surface area contributed by atoms with Crippen LogP contribution >= 0.6 is 11.3 Å². The second kappa shape index (κ2) is 14.4. The summed E-state index contributed by atoms with van der Waals surface area (Å²) in [5, 5.41) is 7.57. The average molecular weight is 756 g/mol. The van der Waals surface area contributed by atoms with Crippen LogP contribution in [0.2, 0.25) is 0 Å². The van der Waals surface area contributed by atoms with E-state index in [9.17, 15) is 0 Å². The van der Waals surface area contributed by atoms with Crippen molar-refractivity contribution in [2.24, 2.45) is 0 Å². The van der Waals surface area contributed by atoms with E-state index >= 15 is 0 Å². The van der Waals surface area contributed by atoms with Crippen LogP contribution in [0.4, 0.5) is 17.1 Å². The molecule has 0 saturated heterocycles. The van der Waals surface area contributed by atoms with E-state index in [-0.39, 0.29) is 0 Å². The van der Waals surface area contributed by atoms with E-state index in [0.717, 1.165) is 17.1 Å². The van der Waals surface area contributed by atoms with Crippen LogP contribution < -0.4 is 4.90 Å². The minimum absolute atomic E-state index is 1.10. The van der Waals surface area contributed by atoms with Gasteiger partial charge >= 0.3 is 0 Å². The highest BCUT2D eigenvalue weighted by molar-refractivity contribution is 7.25. The molecule has 10 aromatic carbocycles. The predicted molar refractivity (Wildman–Crippen MR) is 251 cm³/mol. The first-order valence-electron chi connectivity index (χ1n) is 19.8. The third-order valence-corrected chi connectivity index (χ3v) is 12.6. The number of hydrogen-bond donors (Lipinski definition) is 0. The first kappa shape index (κ1) is 34.0. The molecule has 1 heterocycles. The minimum atomic E-state index is 1.10.